The summed E-state index contributed by atoms with van der Waals surface area (Å²) in [6.07, 6.45) is 0.00285. The van der Waals surface area contributed by atoms with E-state index in [4.69, 9.17) is 9.26 Å². The highest BCUT2D eigenvalue weighted by atomic mass is 127. The van der Waals surface area contributed by atoms with Gasteiger partial charge in [-0.05, 0) is 38.5 Å². The van der Waals surface area contributed by atoms with Crippen molar-refractivity contribution in [3.8, 4) is 5.75 Å². The lowest BCUT2D eigenvalue weighted by Gasteiger charge is -2.17. The molecule has 0 saturated carbocycles. The van der Waals surface area contributed by atoms with Crippen LogP contribution in [-0.4, -0.2) is 35.3 Å². The summed E-state index contributed by atoms with van der Waals surface area (Å²) < 4.78 is 10.8. The van der Waals surface area contributed by atoms with Crippen LogP contribution in [0.2, 0.25) is 0 Å². The molecule has 2 N–H and O–H groups in total. The van der Waals surface area contributed by atoms with E-state index in [9.17, 15) is 0 Å². The Labute approximate surface area is 165 Å². The molecule has 7 nitrogen and oxygen atoms in total. The molecule has 8 heteroatoms. The number of aromatic nitrogens is 2. The molecule has 0 spiro atoms. The summed E-state index contributed by atoms with van der Waals surface area (Å²) >= 11 is 0. The van der Waals surface area contributed by atoms with E-state index in [1.807, 2.05) is 45.0 Å². The number of hydrogen-bond donors (Lipinski definition) is 2. The van der Waals surface area contributed by atoms with Crippen LogP contribution in [0, 0.1) is 13.8 Å². The second-order valence-corrected chi connectivity index (χ2v) is 5.55. The molecule has 0 aliphatic carbocycles. The van der Waals surface area contributed by atoms with Crippen molar-refractivity contribution in [2.45, 2.75) is 40.3 Å². The van der Waals surface area contributed by atoms with Crippen LogP contribution in [0.1, 0.15) is 31.1 Å². The molecule has 1 atom stereocenters. The molecular weight excluding hydrogens is 433 g/mol. The fourth-order valence-corrected chi connectivity index (χ4v) is 2.10. The molecular formula is C17H26IN5O2. The van der Waals surface area contributed by atoms with E-state index in [-0.39, 0.29) is 30.1 Å². The minimum atomic E-state index is 0. The van der Waals surface area contributed by atoms with Crippen LogP contribution in [0.3, 0.4) is 0 Å². The van der Waals surface area contributed by atoms with Crippen LogP contribution < -0.4 is 15.4 Å². The fourth-order valence-electron chi connectivity index (χ4n) is 2.10. The number of hydrogen-bond acceptors (Lipinski definition) is 5. The predicted molar refractivity (Wildman–Crippen MR) is 109 cm³/mol. The molecule has 1 heterocycles. The van der Waals surface area contributed by atoms with Crippen LogP contribution in [0.4, 0.5) is 0 Å². The van der Waals surface area contributed by atoms with Crippen molar-refractivity contribution in [2.75, 3.05) is 13.1 Å². The first kappa shape index (κ1) is 21.2. The molecule has 2 aromatic rings. The summed E-state index contributed by atoms with van der Waals surface area (Å²) in [6, 6.07) is 8.02. The van der Waals surface area contributed by atoms with Gasteiger partial charge in [-0.25, -0.2) is 4.99 Å². The molecule has 0 aliphatic rings. The Hall–Kier alpha value is -1.84. The number of benzene rings is 1. The lowest BCUT2D eigenvalue weighted by molar-refractivity contribution is 0.223. The van der Waals surface area contributed by atoms with Gasteiger partial charge in [0.2, 0.25) is 5.89 Å². The molecule has 138 valence electrons. The Kier molecular flexibility index (Phi) is 9.25. The average molecular weight is 459 g/mol. The highest BCUT2D eigenvalue weighted by Crippen LogP contribution is 2.13. The number of nitrogens with zero attached hydrogens (tertiary/aromatic N) is 3. The van der Waals surface area contributed by atoms with E-state index in [2.05, 4.69) is 25.8 Å². The third-order valence-corrected chi connectivity index (χ3v) is 3.18. The molecule has 25 heavy (non-hydrogen) atoms. The number of nitrogens with one attached hydrogen (secondary N) is 2. The Morgan fingerprint density at radius 1 is 1.32 bits per heavy atom. The largest absolute Gasteiger partial charge is 0.489 e. The molecule has 0 bridgehead atoms. The van der Waals surface area contributed by atoms with E-state index in [1.54, 1.807) is 6.92 Å². The van der Waals surface area contributed by atoms with Crippen molar-refractivity contribution in [1.29, 1.82) is 0 Å². The molecule has 0 aliphatic heterocycles. The topological polar surface area (TPSA) is 84.6 Å². The second kappa shape index (κ2) is 10.9. The molecule has 0 saturated heterocycles. The zero-order valence-electron chi connectivity index (χ0n) is 15.1. The van der Waals surface area contributed by atoms with Gasteiger partial charge < -0.3 is 19.9 Å². The fraction of sp³-hybridized carbons (Fsp3) is 0.471. The van der Waals surface area contributed by atoms with Crippen LogP contribution in [0.15, 0.2) is 33.8 Å². The van der Waals surface area contributed by atoms with Crippen molar-refractivity contribution < 1.29 is 9.26 Å². The zero-order chi connectivity index (χ0) is 17.4. The monoisotopic (exact) mass is 459 g/mol. The zero-order valence-corrected chi connectivity index (χ0v) is 17.4. The molecule has 2 rings (SSSR count). The molecule has 0 fully saturated rings. The number of rotatable bonds is 7. The number of halogens is 1. The minimum Gasteiger partial charge on any atom is -0.489 e. The van der Waals surface area contributed by atoms with Gasteiger partial charge in [0, 0.05) is 13.5 Å². The van der Waals surface area contributed by atoms with Gasteiger partial charge in [-0.1, -0.05) is 17.3 Å². The highest BCUT2D eigenvalue weighted by molar-refractivity contribution is 14.0. The summed E-state index contributed by atoms with van der Waals surface area (Å²) in [7, 11) is 0. The average Bonchev–Trinajstić information content (AvgIpc) is 2.95. The minimum absolute atomic E-state index is 0. The van der Waals surface area contributed by atoms with Crippen LogP contribution in [0.5, 0.6) is 5.75 Å². The van der Waals surface area contributed by atoms with Crippen LogP contribution in [0.25, 0.3) is 0 Å². The van der Waals surface area contributed by atoms with Crippen molar-refractivity contribution in [3.63, 3.8) is 0 Å². The number of ether oxygens (including phenoxy) is 1. The number of aliphatic imine (C=N–C) groups is 1. The number of aryl methyl sites for hydroxylation is 2. The Bertz CT molecular complexity index is 675. The first-order valence-electron chi connectivity index (χ1n) is 8.11. The van der Waals surface area contributed by atoms with Crippen molar-refractivity contribution in [1.82, 2.24) is 20.8 Å². The maximum absolute atomic E-state index is 5.90. The first-order chi connectivity index (χ1) is 11.6. The summed E-state index contributed by atoms with van der Waals surface area (Å²) in [5.41, 5.74) is 1.18. The Balaban J connectivity index is 0.00000312. The van der Waals surface area contributed by atoms with Gasteiger partial charge in [-0.15, -0.1) is 24.0 Å². The van der Waals surface area contributed by atoms with Gasteiger partial charge in [0.25, 0.3) is 0 Å². The summed E-state index contributed by atoms with van der Waals surface area (Å²) in [4.78, 5) is 8.58. The van der Waals surface area contributed by atoms with Crippen molar-refractivity contribution in [2.24, 2.45) is 4.99 Å². The lowest BCUT2D eigenvalue weighted by atomic mass is 10.2. The summed E-state index contributed by atoms with van der Waals surface area (Å²) in [6.45, 7) is 9.60. The van der Waals surface area contributed by atoms with Crippen molar-refractivity contribution in [3.05, 3.63) is 41.5 Å². The Morgan fingerprint density at radius 2 is 2.12 bits per heavy atom. The van der Waals surface area contributed by atoms with E-state index in [0.29, 0.717) is 30.8 Å². The smallest absolute Gasteiger partial charge is 0.223 e. The third kappa shape index (κ3) is 7.72. The van der Waals surface area contributed by atoms with Gasteiger partial charge in [0.1, 0.15) is 18.4 Å². The van der Waals surface area contributed by atoms with Crippen molar-refractivity contribution >= 4 is 29.9 Å². The molecule has 1 unspecified atom stereocenters. The van der Waals surface area contributed by atoms with Gasteiger partial charge in [0.05, 0.1) is 6.54 Å². The van der Waals surface area contributed by atoms with E-state index in [1.165, 1.54) is 5.56 Å². The van der Waals surface area contributed by atoms with Gasteiger partial charge in [0.15, 0.2) is 11.8 Å². The standard InChI is InChI=1S/C17H25N5O2.HI/c1-5-18-17(20-11-16-21-14(4)24-22-16)19-10-13(3)23-15-8-6-7-12(2)9-15;/h6-9,13H,5,10-11H2,1-4H3,(H2,18,19,20);1H. The molecule has 0 radical (unpaired) electrons. The maximum Gasteiger partial charge on any atom is 0.223 e. The maximum atomic E-state index is 5.90. The third-order valence-electron chi connectivity index (χ3n) is 3.18. The lowest BCUT2D eigenvalue weighted by Crippen LogP contribution is -2.41. The normalized spacial score (nSPS) is 12.2. The molecule has 1 aromatic carbocycles. The first-order valence-corrected chi connectivity index (χ1v) is 8.11. The summed E-state index contributed by atoms with van der Waals surface area (Å²) in [5.74, 6) is 2.67. The SMILES string of the molecule is CCNC(=NCc1noc(C)n1)NCC(C)Oc1cccc(C)c1.I. The van der Waals surface area contributed by atoms with E-state index >= 15 is 0 Å². The molecule has 1 aromatic heterocycles. The van der Waals surface area contributed by atoms with Gasteiger partial charge in [-0.3, -0.25) is 0 Å². The number of guanidine groups is 1. The predicted octanol–water partition coefficient (Wildman–Crippen LogP) is 2.83. The molecule has 0 amide bonds. The van der Waals surface area contributed by atoms with Gasteiger partial charge in [-0.2, -0.15) is 4.98 Å². The highest BCUT2D eigenvalue weighted by Gasteiger charge is 2.07. The van der Waals surface area contributed by atoms with E-state index in [0.717, 1.165) is 12.3 Å². The Morgan fingerprint density at radius 3 is 2.76 bits per heavy atom. The second-order valence-electron chi connectivity index (χ2n) is 5.55. The van der Waals surface area contributed by atoms with Crippen LogP contribution in [-0.2, 0) is 6.54 Å². The quantitative estimate of drug-likeness (QED) is 0.377. The summed E-state index contributed by atoms with van der Waals surface area (Å²) in [5, 5.41) is 10.3. The van der Waals surface area contributed by atoms with E-state index < -0.39 is 0 Å². The van der Waals surface area contributed by atoms with Gasteiger partial charge >= 0.3 is 0 Å². The van der Waals surface area contributed by atoms with Crippen LogP contribution >= 0.6 is 24.0 Å².